The van der Waals surface area contributed by atoms with Gasteiger partial charge in [-0.3, -0.25) is 4.79 Å². The molecule has 0 fully saturated rings. The van der Waals surface area contributed by atoms with Crippen molar-refractivity contribution in [2.75, 3.05) is 10.6 Å². The molecule has 0 aliphatic carbocycles. The van der Waals surface area contributed by atoms with Crippen LogP contribution in [-0.2, 0) is 27.8 Å². The molecule has 3 aromatic carbocycles. The van der Waals surface area contributed by atoms with Crippen molar-refractivity contribution in [1.82, 2.24) is 14.7 Å². The second kappa shape index (κ2) is 9.46. The molecule has 0 radical (unpaired) electrons. The SMILES string of the molecule is O=C1Cc2cnc(Nc3ccc(S(=O)(=O)NCc4ccc(Cl)cc4)cc3)nc2-c2ccccc2N1. The smallest absolute Gasteiger partial charge is 0.240 e. The number of benzene rings is 3. The number of sulfonamides is 1. The first-order chi connectivity index (χ1) is 16.9. The van der Waals surface area contributed by atoms with Crippen molar-refractivity contribution in [3.8, 4) is 11.3 Å². The molecular formula is C25H20ClN5O3S. The Morgan fingerprint density at radius 3 is 2.49 bits per heavy atom. The molecule has 35 heavy (non-hydrogen) atoms. The maximum atomic E-state index is 12.7. The predicted octanol–water partition coefficient (Wildman–Crippen LogP) is 4.51. The third kappa shape index (κ3) is 5.17. The first kappa shape index (κ1) is 23.0. The fourth-order valence-corrected chi connectivity index (χ4v) is 4.85. The van der Waals surface area contributed by atoms with Crippen molar-refractivity contribution in [3.05, 3.63) is 95.1 Å². The Morgan fingerprint density at radius 2 is 1.71 bits per heavy atom. The van der Waals surface area contributed by atoms with E-state index in [0.717, 1.165) is 16.7 Å². The molecule has 3 N–H and O–H groups in total. The average Bonchev–Trinajstić information content (AvgIpc) is 2.99. The van der Waals surface area contributed by atoms with Gasteiger partial charge in [0.15, 0.2) is 0 Å². The van der Waals surface area contributed by atoms with Gasteiger partial charge in [-0.15, -0.1) is 0 Å². The van der Waals surface area contributed by atoms with Gasteiger partial charge in [-0.1, -0.05) is 41.9 Å². The van der Waals surface area contributed by atoms with Crippen molar-refractivity contribution in [1.29, 1.82) is 0 Å². The van der Waals surface area contributed by atoms with Gasteiger partial charge >= 0.3 is 0 Å². The molecule has 0 saturated carbocycles. The number of amides is 1. The van der Waals surface area contributed by atoms with E-state index in [4.69, 9.17) is 11.6 Å². The highest BCUT2D eigenvalue weighted by Gasteiger charge is 2.21. The number of hydrogen-bond acceptors (Lipinski definition) is 6. The van der Waals surface area contributed by atoms with Crippen LogP contribution in [0.25, 0.3) is 11.3 Å². The van der Waals surface area contributed by atoms with Gasteiger partial charge in [0.1, 0.15) is 0 Å². The highest BCUT2D eigenvalue weighted by Crippen LogP contribution is 2.32. The van der Waals surface area contributed by atoms with Crippen LogP contribution in [0.3, 0.4) is 0 Å². The maximum Gasteiger partial charge on any atom is 0.240 e. The van der Waals surface area contributed by atoms with Gasteiger partial charge in [-0.25, -0.2) is 23.1 Å². The van der Waals surface area contributed by atoms with Crippen LogP contribution in [0.4, 0.5) is 17.3 Å². The Labute approximate surface area is 207 Å². The minimum absolute atomic E-state index is 0.123. The van der Waals surface area contributed by atoms with E-state index in [1.165, 1.54) is 12.1 Å². The molecule has 1 amide bonds. The lowest BCUT2D eigenvalue weighted by Crippen LogP contribution is -2.23. The zero-order valence-corrected chi connectivity index (χ0v) is 19.9. The monoisotopic (exact) mass is 505 g/mol. The fraction of sp³-hybridized carbons (Fsp3) is 0.0800. The molecule has 1 aliphatic heterocycles. The molecule has 4 aromatic rings. The molecule has 0 unspecified atom stereocenters. The third-order valence-electron chi connectivity index (χ3n) is 5.47. The summed E-state index contributed by atoms with van der Waals surface area (Å²) in [6.07, 6.45) is 1.81. The van der Waals surface area contributed by atoms with E-state index in [2.05, 4.69) is 25.3 Å². The van der Waals surface area contributed by atoms with Crippen molar-refractivity contribution in [2.24, 2.45) is 0 Å². The van der Waals surface area contributed by atoms with E-state index in [1.54, 1.807) is 42.6 Å². The quantitative estimate of drug-likeness (QED) is 0.355. The third-order valence-corrected chi connectivity index (χ3v) is 7.14. The Morgan fingerprint density at radius 1 is 0.971 bits per heavy atom. The van der Waals surface area contributed by atoms with E-state index in [1.807, 2.05) is 24.3 Å². The molecule has 0 bridgehead atoms. The van der Waals surface area contributed by atoms with Gasteiger partial charge in [0.05, 0.1) is 22.7 Å². The summed E-state index contributed by atoms with van der Waals surface area (Å²) >= 11 is 5.87. The average molecular weight is 506 g/mol. The summed E-state index contributed by atoms with van der Waals surface area (Å²) in [6, 6.07) is 20.7. The molecule has 0 atom stereocenters. The van der Waals surface area contributed by atoms with Gasteiger partial charge in [0, 0.05) is 34.6 Å². The van der Waals surface area contributed by atoms with Crippen LogP contribution in [0.15, 0.2) is 83.9 Å². The number of fused-ring (bicyclic) bond motifs is 3. The lowest BCUT2D eigenvalue weighted by Gasteiger charge is -2.11. The molecule has 10 heteroatoms. The summed E-state index contributed by atoms with van der Waals surface area (Å²) in [5, 5.41) is 6.58. The van der Waals surface area contributed by atoms with E-state index >= 15 is 0 Å². The summed E-state index contributed by atoms with van der Waals surface area (Å²) in [5.41, 5.74) is 4.33. The lowest BCUT2D eigenvalue weighted by atomic mass is 10.1. The standard InChI is InChI=1S/C25H20ClN5O3S/c26-18-7-5-16(6-8-18)14-28-35(33,34)20-11-9-19(10-12-20)29-25-27-15-17-13-23(32)30-22-4-2-1-3-21(22)24(17)31-25/h1-12,15,28H,13-14H2,(H,30,32)(H,27,29,31). The van der Waals surface area contributed by atoms with Crippen molar-refractivity contribution in [3.63, 3.8) is 0 Å². The van der Waals surface area contributed by atoms with Gasteiger partial charge in [0.25, 0.3) is 0 Å². The Kier molecular flexibility index (Phi) is 6.21. The molecule has 8 nitrogen and oxygen atoms in total. The summed E-state index contributed by atoms with van der Waals surface area (Å²) in [5.74, 6) is 0.214. The molecule has 176 valence electrons. The van der Waals surface area contributed by atoms with Crippen molar-refractivity contribution < 1.29 is 13.2 Å². The largest absolute Gasteiger partial charge is 0.325 e. The second-order valence-corrected chi connectivity index (χ2v) is 10.1. The lowest BCUT2D eigenvalue weighted by molar-refractivity contribution is -0.115. The van der Waals surface area contributed by atoms with Gasteiger partial charge in [-0.2, -0.15) is 0 Å². The van der Waals surface area contributed by atoms with Crippen molar-refractivity contribution >= 4 is 44.9 Å². The molecule has 1 aromatic heterocycles. The summed E-state index contributed by atoms with van der Waals surface area (Å²) < 4.78 is 27.9. The van der Waals surface area contributed by atoms with Gasteiger partial charge < -0.3 is 10.6 Å². The highest BCUT2D eigenvalue weighted by molar-refractivity contribution is 7.89. The number of nitrogens with zero attached hydrogens (tertiary/aromatic N) is 2. The minimum Gasteiger partial charge on any atom is -0.325 e. The Hall–Kier alpha value is -3.79. The highest BCUT2D eigenvalue weighted by atomic mass is 35.5. The van der Waals surface area contributed by atoms with E-state index < -0.39 is 10.0 Å². The van der Waals surface area contributed by atoms with Crippen LogP contribution in [-0.4, -0.2) is 24.3 Å². The summed E-state index contributed by atoms with van der Waals surface area (Å²) in [6.45, 7) is 0.154. The normalized spacial score (nSPS) is 12.8. The number of carbonyl (C=O) groups is 1. The fourth-order valence-electron chi connectivity index (χ4n) is 3.71. The van der Waals surface area contributed by atoms with Crippen LogP contribution >= 0.6 is 11.6 Å². The van der Waals surface area contributed by atoms with Crippen LogP contribution < -0.4 is 15.4 Å². The minimum atomic E-state index is -3.69. The number of para-hydroxylation sites is 1. The van der Waals surface area contributed by atoms with Crippen LogP contribution in [0.1, 0.15) is 11.1 Å². The second-order valence-electron chi connectivity index (χ2n) is 7.94. The first-order valence-electron chi connectivity index (χ1n) is 10.7. The number of aromatic nitrogens is 2. The van der Waals surface area contributed by atoms with Gasteiger partial charge in [0.2, 0.25) is 21.9 Å². The molecule has 1 aliphatic rings. The van der Waals surface area contributed by atoms with E-state index in [9.17, 15) is 13.2 Å². The molecule has 0 saturated heterocycles. The van der Waals surface area contributed by atoms with Crippen LogP contribution in [0.5, 0.6) is 0 Å². The summed E-state index contributed by atoms with van der Waals surface area (Å²) in [4.78, 5) is 21.3. The molecule has 2 heterocycles. The number of rotatable bonds is 6. The zero-order chi connectivity index (χ0) is 24.4. The van der Waals surface area contributed by atoms with E-state index in [-0.39, 0.29) is 23.8 Å². The number of halogens is 1. The molecule has 5 rings (SSSR count). The van der Waals surface area contributed by atoms with Crippen molar-refractivity contribution in [2.45, 2.75) is 17.9 Å². The first-order valence-corrected chi connectivity index (χ1v) is 12.6. The van der Waals surface area contributed by atoms with Crippen LogP contribution in [0.2, 0.25) is 5.02 Å². The predicted molar refractivity (Wildman–Crippen MR) is 135 cm³/mol. The maximum absolute atomic E-state index is 12.7. The number of hydrogen-bond donors (Lipinski definition) is 3. The van der Waals surface area contributed by atoms with Crippen LogP contribution in [0, 0.1) is 0 Å². The molecular weight excluding hydrogens is 486 g/mol. The Balaban J connectivity index is 1.33. The van der Waals surface area contributed by atoms with E-state index in [0.29, 0.717) is 28.0 Å². The molecule has 0 spiro atoms. The zero-order valence-electron chi connectivity index (χ0n) is 18.3. The number of carbonyl (C=O) groups excluding carboxylic acids is 1. The number of nitrogens with one attached hydrogen (secondary N) is 3. The Bertz CT molecular complexity index is 1510. The number of anilines is 3. The summed E-state index contributed by atoms with van der Waals surface area (Å²) in [7, 11) is -3.69. The van der Waals surface area contributed by atoms with Gasteiger partial charge in [-0.05, 0) is 48.0 Å². The topological polar surface area (TPSA) is 113 Å².